The van der Waals surface area contributed by atoms with Crippen molar-refractivity contribution in [2.24, 2.45) is 0 Å². The Morgan fingerprint density at radius 1 is 1.25 bits per heavy atom. The molecule has 0 radical (unpaired) electrons. The summed E-state index contributed by atoms with van der Waals surface area (Å²) in [5.41, 5.74) is 3.21. The fourth-order valence-electron chi connectivity index (χ4n) is 4.61. The summed E-state index contributed by atoms with van der Waals surface area (Å²) < 4.78 is 5.99. The van der Waals surface area contributed by atoms with Crippen LogP contribution in [0.15, 0.2) is 24.3 Å². The maximum Gasteiger partial charge on any atom is 0.219 e. The lowest BCUT2D eigenvalue weighted by Crippen LogP contribution is -2.36. The molecule has 1 aromatic heterocycles. The number of likely N-dealkylation sites (tertiary alicyclic amines) is 1. The molecule has 1 amide bonds. The summed E-state index contributed by atoms with van der Waals surface area (Å²) in [5, 5.41) is 3.57. The smallest absolute Gasteiger partial charge is 0.219 e. The second-order valence-corrected chi connectivity index (χ2v) is 9.28. The molecule has 0 bridgehead atoms. The number of ether oxygens (including phenoxy) is 1. The van der Waals surface area contributed by atoms with Crippen molar-refractivity contribution in [1.82, 2.24) is 19.8 Å². The molecule has 0 unspecified atom stereocenters. The van der Waals surface area contributed by atoms with Crippen LogP contribution >= 0.6 is 0 Å². The summed E-state index contributed by atoms with van der Waals surface area (Å²) in [6.07, 6.45) is 3.17. The first kappa shape index (κ1) is 22.5. The maximum absolute atomic E-state index is 12.0. The van der Waals surface area contributed by atoms with Crippen LogP contribution in [0.4, 0.5) is 5.82 Å². The van der Waals surface area contributed by atoms with Gasteiger partial charge in [0.15, 0.2) is 0 Å². The molecule has 2 aliphatic heterocycles. The van der Waals surface area contributed by atoms with Crippen molar-refractivity contribution < 1.29 is 9.53 Å². The van der Waals surface area contributed by atoms with E-state index in [9.17, 15) is 4.79 Å². The number of amides is 1. The van der Waals surface area contributed by atoms with Gasteiger partial charge in [-0.3, -0.25) is 4.79 Å². The molecule has 0 saturated carbocycles. The Labute approximate surface area is 191 Å². The molecular weight excluding hydrogens is 402 g/mol. The molecule has 7 nitrogen and oxygen atoms in total. The van der Waals surface area contributed by atoms with Gasteiger partial charge in [0.1, 0.15) is 17.4 Å². The van der Waals surface area contributed by atoms with Crippen LogP contribution in [0.25, 0.3) is 0 Å². The zero-order valence-electron chi connectivity index (χ0n) is 19.7. The number of carbonyl (C=O) groups excluding carboxylic acids is 1. The van der Waals surface area contributed by atoms with Gasteiger partial charge in [-0.1, -0.05) is 18.2 Å². The zero-order valence-corrected chi connectivity index (χ0v) is 19.7. The van der Waals surface area contributed by atoms with E-state index in [0.717, 1.165) is 60.1 Å². The fourth-order valence-corrected chi connectivity index (χ4v) is 4.61. The number of benzene rings is 1. The van der Waals surface area contributed by atoms with Crippen LogP contribution in [0.3, 0.4) is 0 Å². The number of nitrogens with one attached hydrogen (secondary N) is 1. The van der Waals surface area contributed by atoms with E-state index < -0.39 is 0 Å². The number of fused-ring (bicyclic) bond motifs is 1. The lowest BCUT2D eigenvalue weighted by Gasteiger charge is -2.32. The Balaban J connectivity index is 1.63. The van der Waals surface area contributed by atoms with Crippen LogP contribution in [0.5, 0.6) is 5.75 Å². The Hall–Kier alpha value is -2.67. The first-order chi connectivity index (χ1) is 15.4. The standard InChI is InChI=1S/C25H35N5O2/c1-17(2)32-23-10-6-5-8-19(23)14-26-25-21-16-30(18(3)31)13-11-22(21)27-24(28-25)20-9-7-12-29(4)15-20/h5-6,8,10,17,20H,7,9,11-16H2,1-4H3,(H,26,27,28)/t20-/m0/s1. The molecule has 1 N–H and O–H groups in total. The van der Waals surface area contributed by atoms with Crippen LogP contribution in [0.2, 0.25) is 0 Å². The van der Waals surface area contributed by atoms with Crippen molar-refractivity contribution in [3.8, 4) is 5.75 Å². The van der Waals surface area contributed by atoms with Gasteiger partial charge in [0.05, 0.1) is 18.3 Å². The predicted molar refractivity (Wildman–Crippen MR) is 126 cm³/mol. The van der Waals surface area contributed by atoms with Gasteiger partial charge < -0.3 is 19.9 Å². The molecule has 0 aliphatic carbocycles. The average molecular weight is 438 g/mol. The highest BCUT2D eigenvalue weighted by Gasteiger charge is 2.27. The number of para-hydroxylation sites is 1. The molecule has 2 aliphatic rings. The van der Waals surface area contributed by atoms with Gasteiger partial charge >= 0.3 is 0 Å². The number of rotatable bonds is 6. The molecule has 4 rings (SSSR count). The predicted octanol–water partition coefficient (Wildman–Crippen LogP) is 3.59. The van der Waals surface area contributed by atoms with Crippen molar-refractivity contribution in [3.63, 3.8) is 0 Å². The number of anilines is 1. The highest BCUT2D eigenvalue weighted by molar-refractivity contribution is 5.74. The normalized spacial score (nSPS) is 19.0. The van der Waals surface area contributed by atoms with Crippen molar-refractivity contribution >= 4 is 11.7 Å². The molecule has 3 heterocycles. The van der Waals surface area contributed by atoms with Gasteiger partial charge in [0, 0.05) is 50.0 Å². The van der Waals surface area contributed by atoms with Crippen LogP contribution in [0.1, 0.15) is 62.2 Å². The summed E-state index contributed by atoms with van der Waals surface area (Å²) in [7, 11) is 2.17. The molecule has 1 aromatic carbocycles. The summed E-state index contributed by atoms with van der Waals surface area (Å²) >= 11 is 0. The number of aromatic nitrogens is 2. The summed E-state index contributed by atoms with van der Waals surface area (Å²) in [6, 6.07) is 8.11. The van der Waals surface area contributed by atoms with E-state index in [0.29, 0.717) is 25.6 Å². The molecule has 1 fully saturated rings. The van der Waals surface area contributed by atoms with Crippen molar-refractivity contribution in [2.75, 3.05) is 32.0 Å². The van der Waals surface area contributed by atoms with Gasteiger partial charge in [0.25, 0.3) is 0 Å². The third-order valence-electron chi connectivity index (χ3n) is 6.29. The average Bonchev–Trinajstić information content (AvgIpc) is 2.77. The molecule has 2 aromatic rings. The van der Waals surface area contributed by atoms with E-state index in [1.807, 2.05) is 36.9 Å². The first-order valence-electron chi connectivity index (χ1n) is 11.7. The van der Waals surface area contributed by atoms with E-state index >= 15 is 0 Å². The second-order valence-electron chi connectivity index (χ2n) is 9.28. The molecule has 32 heavy (non-hydrogen) atoms. The van der Waals surface area contributed by atoms with Gasteiger partial charge in [0.2, 0.25) is 5.91 Å². The topological polar surface area (TPSA) is 70.6 Å². The van der Waals surface area contributed by atoms with Gasteiger partial charge in [-0.25, -0.2) is 9.97 Å². The summed E-state index contributed by atoms with van der Waals surface area (Å²) in [5.74, 6) is 3.11. The van der Waals surface area contributed by atoms with Gasteiger partial charge in [-0.2, -0.15) is 0 Å². The number of hydrogen-bond acceptors (Lipinski definition) is 6. The lowest BCUT2D eigenvalue weighted by atomic mass is 9.96. The SMILES string of the molecule is CC(=O)N1CCc2nc([C@H]3CCCN(C)C3)nc(NCc3ccccc3OC(C)C)c2C1. The van der Waals surface area contributed by atoms with E-state index in [1.54, 1.807) is 6.92 Å². The van der Waals surface area contributed by atoms with E-state index in [-0.39, 0.29) is 12.0 Å². The largest absolute Gasteiger partial charge is 0.491 e. The Morgan fingerprint density at radius 2 is 2.06 bits per heavy atom. The molecular formula is C25H35N5O2. The van der Waals surface area contributed by atoms with Crippen molar-refractivity contribution in [1.29, 1.82) is 0 Å². The quantitative estimate of drug-likeness (QED) is 0.745. The zero-order chi connectivity index (χ0) is 22.7. The summed E-state index contributed by atoms with van der Waals surface area (Å²) in [6.45, 7) is 9.70. The Bertz CT molecular complexity index is 961. The fraction of sp³-hybridized carbons (Fsp3) is 0.560. The first-order valence-corrected chi connectivity index (χ1v) is 11.7. The third kappa shape index (κ3) is 5.21. The lowest BCUT2D eigenvalue weighted by molar-refractivity contribution is -0.129. The van der Waals surface area contributed by atoms with Crippen LogP contribution < -0.4 is 10.1 Å². The van der Waals surface area contributed by atoms with Crippen LogP contribution in [-0.2, 0) is 24.3 Å². The molecule has 1 atom stereocenters. The second kappa shape index (κ2) is 9.86. The number of carbonyl (C=O) groups is 1. The number of nitrogens with zero attached hydrogens (tertiary/aromatic N) is 4. The number of piperidine rings is 1. The Kier molecular flexibility index (Phi) is 6.94. The summed E-state index contributed by atoms with van der Waals surface area (Å²) in [4.78, 5) is 26.3. The van der Waals surface area contributed by atoms with E-state index in [2.05, 4.69) is 23.3 Å². The minimum atomic E-state index is 0.0928. The molecule has 1 saturated heterocycles. The van der Waals surface area contributed by atoms with Crippen LogP contribution in [0, 0.1) is 0 Å². The molecule has 172 valence electrons. The third-order valence-corrected chi connectivity index (χ3v) is 6.29. The van der Waals surface area contributed by atoms with Crippen molar-refractivity contribution in [3.05, 3.63) is 46.9 Å². The van der Waals surface area contributed by atoms with Gasteiger partial charge in [-0.05, 0) is 46.3 Å². The highest BCUT2D eigenvalue weighted by Crippen LogP contribution is 2.30. The van der Waals surface area contributed by atoms with E-state index in [1.165, 1.54) is 6.42 Å². The molecule has 0 spiro atoms. The number of hydrogen-bond donors (Lipinski definition) is 1. The highest BCUT2D eigenvalue weighted by atomic mass is 16.5. The number of likely N-dealkylation sites (N-methyl/N-ethyl adjacent to an activating group) is 1. The maximum atomic E-state index is 12.0. The molecule has 7 heteroatoms. The Morgan fingerprint density at radius 3 is 2.81 bits per heavy atom. The van der Waals surface area contributed by atoms with Crippen molar-refractivity contribution in [2.45, 2.75) is 65.1 Å². The van der Waals surface area contributed by atoms with E-state index in [4.69, 9.17) is 14.7 Å². The van der Waals surface area contributed by atoms with Crippen LogP contribution in [-0.4, -0.2) is 58.5 Å². The monoisotopic (exact) mass is 437 g/mol. The minimum absolute atomic E-state index is 0.0928. The van der Waals surface area contributed by atoms with Gasteiger partial charge in [-0.15, -0.1) is 0 Å². The minimum Gasteiger partial charge on any atom is -0.491 e.